The standard InChI is InChI=1S/C9H13N3O3/c1-6(8(10)13)2-3-7-11-4-5-12(7)9(14)15/h4-6H,2-3H2,1H3,(H2,10,13)(H,14,15). The van der Waals surface area contributed by atoms with Gasteiger partial charge in [0.2, 0.25) is 5.91 Å². The number of nitrogens with two attached hydrogens (primary N) is 1. The van der Waals surface area contributed by atoms with Crippen molar-refractivity contribution in [2.24, 2.45) is 11.7 Å². The van der Waals surface area contributed by atoms with E-state index in [1.807, 2.05) is 0 Å². The lowest BCUT2D eigenvalue weighted by Crippen LogP contribution is -2.21. The Morgan fingerprint density at radius 2 is 2.33 bits per heavy atom. The van der Waals surface area contributed by atoms with E-state index in [2.05, 4.69) is 4.98 Å². The molecule has 1 atom stereocenters. The summed E-state index contributed by atoms with van der Waals surface area (Å²) in [7, 11) is 0. The summed E-state index contributed by atoms with van der Waals surface area (Å²) < 4.78 is 1.04. The number of aryl methyl sites for hydroxylation is 1. The Morgan fingerprint density at radius 3 is 2.87 bits per heavy atom. The highest BCUT2D eigenvalue weighted by Gasteiger charge is 2.13. The van der Waals surface area contributed by atoms with E-state index in [4.69, 9.17) is 10.8 Å². The third kappa shape index (κ3) is 2.80. The van der Waals surface area contributed by atoms with Crippen LogP contribution in [0.15, 0.2) is 12.4 Å². The fourth-order valence-corrected chi connectivity index (χ4v) is 1.18. The minimum Gasteiger partial charge on any atom is -0.464 e. The van der Waals surface area contributed by atoms with Gasteiger partial charge in [-0.05, 0) is 6.42 Å². The zero-order valence-electron chi connectivity index (χ0n) is 8.38. The van der Waals surface area contributed by atoms with Crippen molar-refractivity contribution in [1.82, 2.24) is 9.55 Å². The Morgan fingerprint density at radius 1 is 1.67 bits per heavy atom. The lowest BCUT2D eigenvalue weighted by atomic mass is 10.1. The summed E-state index contributed by atoms with van der Waals surface area (Å²) in [5, 5.41) is 8.76. The topological polar surface area (TPSA) is 98.2 Å². The van der Waals surface area contributed by atoms with Crippen LogP contribution in [-0.4, -0.2) is 26.7 Å². The van der Waals surface area contributed by atoms with Crippen molar-refractivity contribution in [2.75, 3.05) is 0 Å². The molecule has 1 rings (SSSR count). The van der Waals surface area contributed by atoms with Crippen LogP contribution in [0.25, 0.3) is 0 Å². The lowest BCUT2D eigenvalue weighted by molar-refractivity contribution is -0.121. The molecule has 1 aromatic heterocycles. The first-order chi connectivity index (χ1) is 7.02. The van der Waals surface area contributed by atoms with Gasteiger partial charge in [-0.2, -0.15) is 0 Å². The first-order valence-corrected chi connectivity index (χ1v) is 4.57. The van der Waals surface area contributed by atoms with Crippen LogP contribution in [-0.2, 0) is 11.2 Å². The Balaban J connectivity index is 2.61. The number of imidazole rings is 1. The van der Waals surface area contributed by atoms with E-state index in [9.17, 15) is 9.59 Å². The Bertz CT molecular complexity index is 372. The molecule has 0 radical (unpaired) electrons. The first-order valence-electron chi connectivity index (χ1n) is 4.57. The maximum Gasteiger partial charge on any atom is 0.416 e. The number of carboxylic acid groups (broad SMARTS) is 1. The lowest BCUT2D eigenvalue weighted by Gasteiger charge is -2.06. The SMILES string of the molecule is CC(CCc1nccn1C(=O)O)C(N)=O. The normalized spacial score (nSPS) is 12.3. The van der Waals surface area contributed by atoms with Crippen molar-refractivity contribution in [3.8, 4) is 0 Å². The quantitative estimate of drug-likeness (QED) is 0.755. The van der Waals surface area contributed by atoms with E-state index in [1.54, 1.807) is 6.92 Å². The minimum absolute atomic E-state index is 0.274. The fraction of sp³-hybridized carbons (Fsp3) is 0.444. The van der Waals surface area contributed by atoms with Crippen molar-refractivity contribution in [2.45, 2.75) is 19.8 Å². The van der Waals surface area contributed by atoms with Crippen molar-refractivity contribution in [3.05, 3.63) is 18.2 Å². The average Bonchev–Trinajstić information content (AvgIpc) is 2.61. The average molecular weight is 211 g/mol. The summed E-state index contributed by atoms with van der Waals surface area (Å²) >= 11 is 0. The number of amides is 1. The van der Waals surface area contributed by atoms with Gasteiger partial charge in [-0.15, -0.1) is 0 Å². The second-order valence-electron chi connectivity index (χ2n) is 3.34. The molecule has 0 aliphatic heterocycles. The second kappa shape index (κ2) is 4.59. The van der Waals surface area contributed by atoms with Gasteiger partial charge in [0.05, 0.1) is 0 Å². The Hall–Kier alpha value is -1.85. The van der Waals surface area contributed by atoms with Gasteiger partial charge in [0.15, 0.2) is 0 Å². The molecule has 6 nitrogen and oxygen atoms in total. The van der Waals surface area contributed by atoms with Gasteiger partial charge in [-0.1, -0.05) is 6.92 Å². The predicted octanol–water partition coefficient (Wildman–Crippen LogP) is 0.463. The number of hydrogen-bond acceptors (Lipinski definition) is 3. The van der Waals surface area contributed by atoms with E-state index in [-0.39, 0.29) is 11.8 Å². The third-order valence-corrected chi connectivity index (χ3v) is 2.21. The molecule has 1 unspecified atom stereocenters. The zero-order valence-corrected chi connectivity index (χ0v) is 8.38. The highest BCUT2D eigenvalue weighted by atomic mass is 16.4. The Kier molecular flexibility index (Phi) is 3.43. The summed E-state index contributed by atoms with van der Waals surface area (Å²) in [6.45, 7) is 1.70. The molecule has 0 aromatic carbocycles. The minimum atomic E-state index is -1.07. The molecule has 0 saturated heterocycles. The number of aromatic nitrogens is 2. The van der Waals surface area contributed by atoms with Crippen LogP contribution in [0.3, 0.4) is 0 Å². The molecule has 0 fully saturated rings. The zero-order chi connectivity index (χ0) is 11.4. The molecule has 0 spiro atoms. The highest BCUT2D eigenvalue weighted by Crippen LogP contribution is 2.07. The first kappa shape index (κ1) is 11.2. The van der Waals surface area contributed by atoms with Crippen molar-refractivity contribution >= 4 is 12.0 Å². The highest BCUT2D eigenvalue weighted by molar-refractivity contribution is 5.76. The van der Waals surface area contributed by atoms with Gasteiger partial charge in [0.1, 0.15) is 5.82 Å². The van der Waals surface area contributed by atoms with Crippen LogP contribution in [0.1, 0.15) is 19.2 Å². The van der Waals surface area contributed by atoms with E-state index in [0.717, 1.165) is 4.57 Å². The van der Waals surface area contributed by atoms with Crippen LogP contribution in [0.2, 0.25) is 0 Å². The van der Waals surface area contributed by atoms with Crippen LogP contribution in [0.4, 0.5) is 4.79 Å². The maximum atomic E-state index is 10.8. The van der Waals surface area contributed by atoms with E-state index in [0.29, 0.717) is 18.7 Å². The van der Waals surface area contributed by atoms with Gasteiger partial charge in [-0.3, -0.25) is 4.79 Å². The predicted molar refractivity (Wildman–Crippen MR) is 52.3 cm³/mol. The molecule has 6 heteroatoms. The Labute approximate surface area is 86.7 Å². The number of rotatable bonds is 4. The van der Waals surface area contributed by atoms with Crippen LogP contribution in [0.5, 0.6) is 0 Å². The molecule has 0 aliphatic carbocycles. The molecule has 1 aromatic rings. The van der Waals surface area contributed by atoms with Crippen LogP contribution < -0.4 is 5.73 Å². The molecule has 0 aliphatic rings. The molecular weight excluding hydrogens is 198 g/mol. The summed E-state index contributed by atoms with van der Waals surface area (Å²) in [5.41, 5.74) is 5.09. The number of nitrogens with zero attached hydrogens (tertiary/aromatic N) is 2. The van der Waals surface area contributed by atoms with E-state index >= 15 is 0 Å². The smallest absolute Gasteiger partial charge is 0.416 e. The van der Waals surface area contributed by atoms with Gasteiger partial charge in [-0.25, -0.2) is 14.3 Å². The van der Waals surface area contributed by atoms with Crippen molar-refractivity contribution < 1.29 is 14.7 Å². The van der Waals surface area contributed by atoms with Gasteiger partial charge >= 0.3 is 6.09 Å². The van der Waals surface area contributed by atoms with Crippen molar-refractivity contribution in [3.63, 3.8) is 0 Å². The molecule has 15 heavy (non-hydrogen) atoms. The van der Waals surface area contributed by atoms with Crippen LogP contribution in [0, 0.1) is 5.92 Å². The second-order valence-corrected chi connectivity index (χ2v) is 3.34. The van der Waals surface area contributed by atoms with E-state index in [1.165, 1.54) is 12.4 Å². The van der Waals surface area contributed by atoms with Gasteiger partial charge < -0.3 is 10.8 Å². The third-order valence-electron chi connectivity index (χ3n) is 2.21. The molecule has 1 amide bonds. The molecule has 0 bridgehead atoms. The largest absolute Gasteiger partial charge is 0.464 e. The molecular formula is C9H13N3O3. The number of carbonyl (C=O) groups is 2. The maximum absolute atomic E-state index is 10.8. The molecule has 3 N–H and O–H groups in total. The monoisotopic (exact) mass is 211 g/mol. The number of hydrogen-bond donors (Lipinski definition) is 2. The summed E-state index contributed by atoms with van der Waals surface area (Å²) in [5.74, 6) is -0.233. The molecule has 1 heterocycles. The van der Waals surface area contributed by atoms with Crippen molar-refractivity contribution in [1.29, 1.82) is 0 Å². The molecule has 0 saturated carbocycles. The number of carbonyl (C=O) groups excluding carboxylic acids is 1. The summed E-state index contributed by atoms with van der Waals surface area (Å²) in [4.78, 5) is 25.3. The fourth-order valence-electron chi connectivity index (χ4n) is 1.18. The summed E-state index contributed by atoms with van der Waals surface area (Å²) in [6, 6.07) is 0. The van der Waals surface area contributed by atoms with Gasteiger partial charge in [0.25, 0.3) is 0 Å². The summed E-state index contributed by atoms with van der Waals surface area (Å²) in [6.07, 6.45) is 2.63. The number of primary amides is 1. The molecule has 82 valence electrons. The van der Waals surface area contributed by atoms with Crippen LogP contribution >= 0.6 is 0 Å². The van der Waals surface area contributed by atoms with Gasteiger partial charge in [0, 0.05) is 24.7 Å². The van der Waals surface area contributed by atoms with E-state index < -0.39 is 6.09 Å².